The number of halogens is 3. The third-order valence-corrected chi connectivity index (χ3v) is 5.31. The number of imidazole rings is 1. The van der Waals surface area contributed by atoms with Gasteiger partial charge in [0, 0.05) is 24.7 Å². The molecule has 4 rings (SSSR count). The number of carbonyl (C=O) groups excluding carboxylic acids is 1. The molecule has 1 fully saturated rings. The van der Waals surface area contributed by atoms with E-state index < -0.39 is 11.7 Å². The summed E-state index contributed by atoms with van der Waals surface area (Å²) in [4.78, 5) is 18.6. The van der Waals surface area contributed by atoms with Gasteiger partial charge < -0.3 is 9.47 Å². The van der Waals surface area contributed by atoms with Crippen LogP contribution in [0.15, 0.2) is 48.8 Å². The summed E-state index contributed by atoms with van der Waals surface area (Å²) in [5.41, 5.74) is 1.31. The lowest BCUT2D eigenvalue weighted by atomic mass is 10.0. The molecular weight excluding hydrogens is 381 g/mol. The zero-order valence-electron chi connectivity index (χ0n) is 15.4. The molecule has 148 valence electrons. The fourth-order valence-electron chi connectivity index (χ4n) is 3.72. The molecule has 0 aliphatic carbocycles. The fraction of sp³-hybridized carbons (Fsp3) is 0.286. The summed E-state index contributed by atoms with van der Waals surface area (Å²) in [6.07, 6.45) is -1.44. The molecule has 0 N–H and O–H groups in total. The number of hydrogen-bond acceptors (Lipinski definition) is 3. The van der Waals surface area contributed by atoms with Crippen LogP contribution in [0.3, 0.4) is 0 Å². The SMILES string of the molecule is N#Cc1ccc(C(=O)N2CCC(n3cnc4cc(C(F)(F)F)ccc43)CC2)cc1. The summed E-state index contributed by atoms with van der Waals surface area (Å²) < 4.78 is 40.6. The monoisotopic (exact) mass is 398 g/mol. The van der Waals surface area contributed by atoms with Crippen LogP contribution < -0.4 is 0 Å². The van der Waals surface area contributed by atoms with Gasteiger partial charge in [0.15, 0.2) is 0 Å². The van der Waals surface area contributed by atoms with Crippen molar-refractivity contribution in [3.8, 4) is 6.07 Å². The van der Waals surface area contributed by atoms with Crippen LogP contribution in [0.5, 0.6) is 0 Å². The first-order chi connectivity index (χ1) is 13.9. The summed E-state index contributed by atoms with van der Waals surface area (Å²) in [6.45, 7) is 1.09. The number of carbonyl (C=O) groups is 1. The van der Waals surface area contributed by atoms with Gasteiger partial charge >= 0.3 is 6.18 Å². The standard InChI is InChI=1S/C21H17F3N4O/c22-21(23,24)16-5-6-19-18(11-16)26-13-28(19)17-7-9-27(10-8-17)20(29)15-3-1-14(12-25)2-4-15/h1-6,11,13,17H,7-10H2. The molecule has 29 heavy (non-hydrogen) atoms. The van der Waals surface area contributed by atoms with Gasteiger partial charge in [-0.25, -0.2) is 4.98 Å². The summed E-state index contributed by atoms with van der Waals surface area (Å²) in [7, 11) is 0. The van der Waals surface area contributed by atoms with Crippen molar-refractivity contribution in [1.29, 1.82) is 5.26 Å². The number of likely N-dealkylation sites (tertiary alicyclic amines) is 1. The Hall–Kier alpha value is -3.34. The Labute approximate surface area is 165 Å². The maximum atomic E-state index is 12.9. The third kappa shape index (κ3) is 3.68. The number of rotatable bonds is 2. The smallest absolute Gasteiger partial charge is 0.338 e. The number of nitriles is 1. The molecule has 0 unspecified atom stereocenters. The van der Waals surface area contributed by atoms with Crippen molar-refractivity contribution in [1.82, 2.24) is 14.5 Å². The van der Waals surface area contributed by atoms with Crippen molar-refractivity contribution in [3.63, 3.8) is 0 Å². The number of benzene rings is 2. The number of nitrogens with zero attached hydrogens (tertiary/aromatic N) is 4. The van der Waals surface area contributed by atoms with Crippen molar-refractivity contribution in [2.75, 3.05) is 13.1 Å². The maximum absolute atomic E-state index is 12.9. The first kappa shape index (κ1) is 19.0. The van der Waals surface area contributed by atoms with Crippen LogP contribution in [0, 0.1) is 11.3 Å². The van der Waals surface area contributed by atoms with Gasteiger partial charge in [-0.05, 0) is 55.3 Å². The van der Waals surface area contributed by atoms with Crippen molar-refractivity contribution < 1.29 is 18.0 Å². The highest BCUT2D eigenvalue weighted by Crippen LogP contribution is 2.33. The van der Waals surface area contributed by atoms with E-state index in [0.29, 0.717) is 48.1 Å². The van der Waals surface area contributed by atoms with Crippen LogP contribution in [-0.2, 0) is 6.18 Å². The average molecular weight is 398 g/mol. The van der Waals surface area contributed by atoms with E-state index in [1.54, 1.807) is 35.5 Å². The third-order valence-electron chi connectivity index (χ3n) is 5.31. The molecule has 1 aromatic heterocycles. The Balaban J connectivity index is 1.47. The highest BCUT2D eigenvalue weighted by molar-refractivity contribution is 5.94. The van der Waals surface area contributed by atoms with Crippen LogP contribution in [0.25, 0.3) is 11.0 Å². The van der Waals surface area contributed by atoms with Crippen LogP contribution in [-0.4, -0.2) is 33.4 Å². The Bertz CT molecular complexity index is 1090. The lowest BCUT2D eigenvalue weighted by Crippen LogP contribution is -2.39. The fourth-order valence-corrected chi connectivity index (χ4v) is 3.72. The molecule has 0 bridgehead atoms. The highest BCUT2D eigenvalue weighted by Gasteiger charge is 2.31. The molecule has 0 radical (unpaired) electrons. The molecule has 1 amide bonds. The molecule has 0 spiro atoms. The van der Waals surface area contributed by atoms with Gasteiger partial charge in [0.25, 0.3) is 5.91 Å². The number of alkyl halides is 3. The molecular formula is C21H17F3N4O. The molecule has 1 aliphatic rings. The predicted molar refractivity (Wildman–Crippen MR) is 100 cm³/mol. The van der Waals surface area contributed by atoms with Gasteiger partial charge in [-0.2, -0.15) is 18.4 Å². The minimum absolute atomic E-state index is 0.0711. The Kier molecular flexibility index (Phi) is 4.74. The summed E-state index contributed by atoms with van der Waals surface area (Å²) >= 11 is 0. The maximum Gasteiger partial charge on any atom is 0.416 e. The van der Waals surface area contributed by atoms with E-state index in [1.165, 1.54) is 6.07 Å². The second kappa shape index (κ2) is 7.24. The van der Waals surface area contributed by atoms with E-state index in [0.717, 1.165) is 12.1 Å². The first-order valence-corrected chi connectivity index (χ1v) is 9.20. The average Bonchev–Trinajstić information content (AvgIpc) is 3.16. The molecule has 1 aliphatic heterocycles. The largest absolute Gasteiger partial charge is 0.416 e. The highest BCUT2D eigenvalue weighted by atomic mass is 19.4. The van der Waals surface area contributed by atoms with Crippen LogP contribution >= 0.6 is 0 Å². The van der Waals surface area contributed by atoms with Crippen LogP contribution in [0.2, 0.25) is 0 Å². The molecule has 3 aromatic rings. The molecule has 0 saturated carbocycles. The number of amides is 1. The second-order valence-corrected chi connectivity index (χ2v) is 7.07. The normalized spacial score (nSPS) is 15.4. The van der Waals surface area contributed by atoms with Gasteiger partial charge in [0.1, 0.15) is 0 Å². The van der Waals surface area contributed by atoms with Gasteiger partial charge in [-0.1, -0.05) is 0 Å². The van der Waals surface area contributed by atoms with Crippen molar-refractivity contribution in [2.45, 2.75) is 25.1 Å². The summed E-state index contributed by atoms with van der Waals surface area (Å²) in [5.74, 6) is -0.0850. The lowest BCUT2D eigenvalue weighted by molar-refractivity contribution is -0.137. The predicted octanol–water partition coefficient (Wildman–Crippen LogP) is 4.40. The minimum Gasteiger partial charge on any atom is -0.338 e. The van der Waals surface area contributed by atoms with Gasteiger partial charge in [0.2, 0.25) is 0 Å². The Morgan fingerprint density at radius 3 is 2.41 bits per heavy atom. The zero-order valence-corrected chi connectivity index (χ0v) is 15.4. The molecule has 0 atom stereocenters. The van der Waals surface area contributed by atoms with Crippen LogP contribution in [0.4, 0.5) is 13.2 Å². The second-order valence-electron chi connectivity index (χ2n) is 7.07. The Morgan fingerprint density at radius 1 is 1.10 bits per heavy atom. The van der Waals surface area contributed by atoms with Crippen molar-refractivity contribution in [3.05, 3.63) is 65.5 Å². The molecule has 5 nitrogen and oxygen atoms in total. The number of aromatic nitrogens is 2. The molecule has 2 aromatic carbocycles. The van der Waals surface area contributed by atoms with Gasteiger partial charge in [0.05, 0.1) is 34.6 Å². The van der Waals surface area contributed by atoms with Crippen LogP contribution in [0.1, 0.15) is 40.4 Å². The van der Waals surface area contributed by atoms with E-state index in [9.17, 15) is 18.0 Å². The first-order valence-electron chi connectivity index (χ1n) is 9.20. The van der Waals surface area contributed by atoms with E-state index in [-0.39, 0.29) is 11.9 Å². The zero-order chi connectivity index (χ0) is 20.6. The lowest BCUT2D eigenvalue weighted by Gasteiger charge is -2.33. The van der Waals surface area contributed by atoms with E-state index in [2.05, 4.69) is 4.98 Å². The molecule has 8 heteroatoms. The van der Waals surface area contributed by atoms with E-state index >= 15 is 0 Å². The van der Waals surface area contributed by atoms with Gasteiger partial charge in [-0.15, -0.1) is 0 Å². The number of fused-ring (bicyclic) bond motifs is 1. The van der Waals surface area contributed by atoms with E-state index in [1.807, 2.05) is 10.6 Å². The van der Waals surface area contributed by atoms with Crippen molar-refractivity contribution >= 4 is 16.9 Å². The molecule has 1 saturated heterocycles. The minimum atomic E-state index is -4.39. The Morgan fingerprint density at radius 2 is 1.79 bits per heavy atom. The topological polar surface area (TPSA) is 61.9 Å². The summed E-state index contributed by atoms with van der Waals surface area (Å²) in [6, 6.07) is 12.2. The van der Waals surface area contributed by atoms with Gasteiger partial charge in [-0.3, -0.25) is 4.79 Å². The van der Waals surface area contributed by atoms with E-state index in [4.69, 9.17) is 5.26 Å². The van der Waals surface area contributed by atoms with Crippen molar-refractivity contribution in [2.24, 2.45) is 0 Å². The molecule has 2 heterocycles. The quantitative estimate of drug-likeness (QED) is 0.643. The number of piperidine rings is 1. The number of hydrogen-bond donors (Lipinski definition) is 0. The summed E-state index contributed by atoms with van der Waals surface area (Å²) in [5, 5.41) is 8.86.